The van der Waals surface area contributed by atoms with E-state index >= 15 is 0 Å². The molecule has 17 heavy (non-hydrogen) atoms. The number of hydrogen-bond donors (Lipinski definition) is 1. The number of aliphatic carboxylic acids is 1. The van der Waals surface area contributed by atoms with Gasteiger partial charge in [0, 0.05) is 5.57 Å². The Bertz CT molecular complexity index is 407. The molecule has 94 valence electrons. The predicted octanol–water partition coefficient (Wildman–Crippen LogP) is 3.48. The highest BCUT2D eigenvalue weighted by molar-refractivity contribution is 5.88. The van der Waals surface area contributed by atoms with Crippen LogP contribution >= 0.6 is 0 Å². The molecule has 0 saturated heterocycles. The summed E-state index contributed by atoms with van der Waals surface area (Å²) in [6.45, 7) is 7.03. The fraction of sp³-hybridized carbons (Fsp3) is 0.800. The minimum atomic E-state index is -0.671. The van der Waals surface area contributed by atoms with Crippen LogP contribution in [0.1, 0.15) is 46.5 Å². The second-order valence-corrected chi connectivity index (χ2v) is 7.22. The number of carboxylic acids is 1. The lowest BCUT2D eigenvalue weighted by molar-refractivity contribution is -0.133. The van der Waals surface area contributed by atoms with Crippen LogP contribution in [0.25, 0.3) is 0 Å². The topological polar surface area (TPSA) is 37.3 Å². The first kappa shape index (κ1) is 11.3. The lowest BCUT2D eigenvalue weighted by Crippen LogP contribution is -2.32. The van der Waals surface area contributed by atoms with Crippen LogP contribution in [-0.4, -0.2) is 11.1 Å². The molecule has 0 amide bonds. The summed E-state index contributed by atoms with van der Waals surface area (Å²) in [5.74, 6) is 0.871. The summed E-state index contributed by atoms with van der Waals surface area (Å²) in [6, 6.07) is 0. The standard InChI is InChI=1S/C15H22O2/c1-9-4-5-12-11(13(16)17)6-10-7-14(2,3)8-15(9,10)12/h6,9-10,12H,4-5,7-8H2,1-3H3,(H,16,17)/t9-,10-,12-,15-/m0/s1. The molecule has 2 heteroatoms. The van der Waals surface area contributed by atoms with Gasteiger partial charge in [-0.05, 0) is 54.3 Å². The first-order valence-corrected chi connectivity index (χ1v) is 6.82. The second-order valence-electron chi connectivity index (χ2n) is 7.22. The third-order valence-electron chi connectivity index (χ3n) is 5.71. The van der Waals surface area contributed by atoms with E-state index in [1.165, 1.54) is 19.3 Å². The summed E-state index contributed by atoms with van der Waals surface area (Å²) < 4.78 is 0. The van der Waals surface area contributed by atoms with E-state index in [4.69, 9.17) is 0 Å². The molecule has 0 bridgehead atoms. The molecular weight excluding hydrogens is 212 g/mol. The van der Waals surface area contributed by atoms with E-state index in [1.54, 1.807) is 0 Å². The molecule has 3 rings (SSSR count). The third kappa shape index (κ3) is 1.30. The van der Waals surface area contributed by atoms with Gasteiger partial charge in [0.05, 0.1) is 0 Å². The molecule has 0 aromatic rings. The van der Waals surface area contributed by atoms with Gasteiger partial charge in [0.25, 0.3) is 0 Å². The van der Waals surface area contributed by atoms with Gasteiger partial charge in [0.15, 0.2) is 0 Å². The van der Waals surface area contributed by atoms with Gasteiger partial charge in [-0.1, -0.05) is 26.8 Å². The van der Waals surface area contributed by atoms with Crippen LogP contribution in [0.3, 0.4) is 0 Å². The maximum absolute atomic E-state index is 11.4. The Kier molecular flexibility index (Phi) is 2.10. The quantitative estimate of drug-likeness (QED) is 0.754. The van der Waals surface area contributed by atoms with Crippen molar-refractivity contribution in [3.8, 4) is 0 Å². The smallest absolute Gasteiger partial charge is 0.331 e. The van der Waals surface area contributed by atoms with Gasteiger partial charge >= 0.3 is 5.97 Å². The number of carbonyl (C=O) groups is 1. The van der Waals surface area contributed by atoms with Crippen molar-refractivity contribution >= 4 is 5.97 Å². The number of allylic oxidation sites excluding steroid dienone is 1. The molecule has 1 spiro atoms. The fourth-order valence-corrected chi connectivity index (χ4v) is 5.25. The summed E-state index contributed by atoms with van der Waals surface area (Å²) in [5, 5.41) is 9.36. The molecular formula is C15H22O2. The lowest BCUT2D eigenvalue weighted by atomic mass is 9.67. The Morgan fingerprint density at radius 3 is 2.76 bits per heavy atom. The zero-order chi connectivity index (χ0) is 12.4. The van der Waals surface area contributed by atoms with Crippen LogP contribution < -0.4 is 0 Å². The molecule has 0 aliphatic heterocycles. The summed E-state index contributed by atoms with van der Waals surface area (Å²) >= 11 is 0. The predicted molar refractivity (Wildman–Crippen MR) is 66.5 cm³/mol. The van der Waals surface area contributed by atoms with Crippen molar-refractivity contribution in [2.75, 3.05) is 0 Å². The van der Waals surface area contributed by atoms with Crippen molar-refractivity contribution in [2.24, 2.45) is 28.6 Å². The summed E-state index contributed by atoms with van der Waals surface area (Å²) in [7, 11) is 0. The Hall–Kier alpha value is -0.790. The van der Waals surface area contributed by atoms with Gasteiger partial charge in [-0.2, -0.15) is 0 Å². The van der Waals surface area contributed by atoms with Crippen LogP contribution in [0.15, 0.2) is 11.6 Å². The molecule has 0 aromatic carbocycles. The lowest BCUT2D eigenvalue weighted by Gasteiger charge is -2.36. The van der Waals surface area contributed by atoms with Crippen molar-refractivity contribution in [3.63, 3.8) is 0 Å². The van der Waals surface area contributed by atoms with Crippen LogP contribution in [0, 0.1) is 28.6 Å². The van der Waals surface area contributed by atoms with E-state index < -0.39 is 5.97 Å². The Balaban J connectivity index is 2.06. The van der Waals surface area contributed by atoms with Gasteiger partial charge in [-0.25, -0.2) is 4.79 Å². The zero-order valence-electron chi connectivity index (χ0n) is 11.0. The number of hydrogen-bond acceptors (Lipinski definition) is 1. The molecule has 0 aromatic heterocycles. The molecule has 1 N–H and O–H groups in total. The molecule has 0 unspecified atom stereocenters. The highest BCUT2D eigenvalue weighted by atomic mass is 16.4. The van der Waals surface area contributed by atoms with Crippen LogP contribution in [0.5, 0.6) is 0 Å². The molecule has 3 aliphatic rings. The van der Waals surface area contributed by atoms with E-state index in [9.17, 15) is 9.90 Å². The first-order chi connectivity index (χ1) is 7.87. The fourth-order valence-electron chi connectivity index (χ4n) is 5.25. The van der Waals surface area contributed by atoms with Gasteiger partial charge < -0.3 is 5.11 Å². The molecule has 0 heterocycles. The van der Waals surface area contributed by atoms with Gasteiger partial charge in [0.2, 0.25) is 0 Å². The van der Waals surface area contributed by atoms with Gasteiger partial charge in [0.1, 0.15) is 0 Å². The number of carboxylic acid groups (broad SMARTS) is 1. The zero-order valence-corrected chi connectivity index (χ0v) is 11.0. The Morgan fingerprint density at radius 1 is 1.41 bits per heavy atom. The molecule has 4 atom stereocenters. The van der Waals surface area contributed by atoms with E-state index in [0.717, 1.165) is 12.0 Å². The summed E-state index contributed by atoms with van der Waals surface area (Å²) in [4.78, 5) is 11.4. The molecule has 2 nitrogen and oxygen atoms in total. The van der Waals surface area contributed by atoms with Crippen molar-refractivity contribution in [2.45, 2.75) is 46.5 Å². The maximum atomic E-state index is 11.4. The van der Waals surface area contributed by atoms with E-state index in [0.29, 0.717) is 23.2 Å². The molecule has 2 fully saturated rings. The van der Waals surface area contributed by atoms with Crippen LogP contribution in [-0.2, 0) is 4.79 Å². The molecule has 3 aliphatic carbocycles. The van der Waals surface area contributed by atoms with E-state index in [2.05, 4.69) is 26.8 Å². The van der Waals surface area contributed by atoms with Crippen molar-refractivity contribution < 1.29 is 9.90 Å². The highest BCUT2D eigenvalue weighted by Gasteiger charge is 2.63. The largest absolute Gasteiger partial charge is 0.478 e. The summed E-state index contributed by atoms with van der Waals surface area (Å²) in [5.41, 5.74) is 1.41. The van der Waals surface area contributed by atoms with Gasteiger partial charge in [-0.3, -0.25) is 0 Å². The summed E-state index contributed by atoms with van der Waals surface area (Å²) in [6.07, 6.45) is 6.79. The van der Waals surface area contributed by atoms with Crippen LogP contribution in [0.2, 0.25) is 0 Å². The third-order valence-corrected chi connectivity index (χ3v) is 5.71. The van der Waals surface area contributed by atoms with Gasteiger partial charge in [-0.15, -0.1) is 0 Å². The SMILES string of the molecule is C[C@H]1CC[C@H]2C(C(=O)O)=C[C@H]3CC(C)(C)C[C@]132. The maximum Gasteiger partial charge on any atom is 0.331 e. The minimum absolute atomic E-state index is 0.289. The highest BCUT2D eigenvalue weighted by Crippen LogP contribution is 2.70. The monoisotopic (exact) mass is 234 g/mol. The second kappa shape index (κ2) is 3.15. The normalized spacial score (nSPS) is 46.5. The van der Waals surface area contributed by atoms with Crippen molar-refractivity contribution in [1.82, 2.24) is 0 Å². The Morgan fingerprint density at radius 2 is 2.12 bits per heavy atom. The first-order valence-electron chi connectivity index (χ1n) is 6.82. The minimum Gasteiger partial charge on any atom is -0.478 e. The Labute approximate surface area is 103 Å². The average molecular weight is 234 g/mol. The number of rotatable bonds is 1. The molecule has 0 radical (unpaired) electrons. The van der Waals surface area contributed by atoms with E-state index in [-0.39, 0.29) is 5.41 Å². The van der Waals surface area contributed by atoms with Crippen LogP contribution in [0.4, 0.5) is 0 Å². The van der Waals surface area contributed by atoms with Crippen molar-refractivity contribution in [1.29, 1.82) is 0 Å². The van der Waals surface area contributed by atoms with E-state index in [1.807, 2.05) is 0 Å². The average Bonchev–Trinajstić information content (AvgIpc) is 2.73. The molecule has 2 saturated carbocycles. The van der Waals surface area contributed by atoms with Crippen molar-refractivity contribution in [3.05, 3.63) is 11.6 Å².